The average Bonchev–Trinajstić information content (AvgIpc) is 2.92. The van der Waals surface area contributed by atoms with Gasteiger partial charge in [0.1, 0.15) is 6.61 Å². The maximum absolute atomic E-state index is 11.5. The third-order valence-corrected chi connectivity index (χ3v) is 5.77. The van der Waals surface area contributed by atoms with Crippen LogP contribution < -0.4 is 11.1 Å². The molecule has 0 aliphatic carbocycles. The highest BCUT2D eigenvalue weighted by Gasteiger charge is 2.15. The maximum atomic E-state index is 11.5. The molecular formula is C12H22N2O3S2. The molecule has 0 aromatic heterocycles. The molecule has 0 aromatic rings. The van der Waals surface area contributed by atoms with Crippen molar-refractivity contribution in [3.8, 4) is 0 Å². The lowest BCUT2D eigenvalue weighted by atomic mass is 10.1. The molecule has 1 saturated heterocycles. The van der Waals surface area contributed by atoms with E-state index in [-0.39, 0.29) is 19.1 Å². The Bertz CT molecular complexity index is 284. The zero-order valence-electron chi connectivity index (χ0n) is 11.1. The minimum atomic E-state index is -0.443. The Morgan fingerprint density at radius 2 is 2.21 bits per heavy atom. The number of hydrogen-bond donors (Lipinski definition) is 2. The number of unbranched alkanes of at least 4 members (excludes halogenated alkanes) is 1. The quantitative estimate of drug-likeness (QED) is 0.380. The second kappa shape index (κ2) is 10.4. The number of nitrogens with two attached hydrogens (primary N) is 1. The van der Waals surface area contributed by atoms with Crippen LogP contribution in [0.25, 0.3) is 0 Å². The number of nitrogens with one attached hydrogen (secondary N) is 1. The number of carbonyl (C=O) groups excluding carboxylic acids is 2. The van der Waals surface area contributed by atoms with E-state index in [1.54, 1.807) is 0 Å². The molecule has 0 radical (unpaired) electrons. The Labute approximate surface area is 122 Å². The summed E-state index contributed by atoms with van der Waals surface area (Å²) in [6, 6.07) is 0. The first-order chi connectivity index (χ1) is 9.22. The summed E-state index contributed by atoms with van der Waals surface area (Å²) in [5.74, 6) is 0.843. The molecule has 5 nitrogen and oxygen atoms in total. The number of ether oxygens (including phenoxy) is 1. The van der Waals surface area contributed by atoms with Crippen molar-refractivity contribution in [1.29, 1.82) is 0 Å². The SMILES string of the molecule is NCC(=O)OCCNC(=O)CCCCC1CCSS1. The van der Waals surface area contributed by atoms with Crippen LogP contribution in [-0.4, -0.2) is 42.6 Å². The molecule has 1 unspecified atom stereocenters. The predicted octanol–water partition coefficient (Wildman–Crippen LogP) is 1.32. The molecule has 1 aliphatic heterocycles. The molecular weight excluding hydrogens is 284 g/mol. The highest BCUT2D eigenvalue weighted by atomic mass is 33.1. The molecule has 1 heterocycles. The zero-order chi connectivity index (χ0) is 13.9. The average molecular weight is 306 g/mol. The summed E-state index contributed by atoms with van der Waals surface area (Å²) in [5, 5.41) is 3.51. The van der Waals surface area contributed by atoms with E-state index in [0.717, 1.165) is 18.1 Å². The number of esters is 1. The number of amides is 1. The predicted molar refractivity (Wildman–Crippen MR) is 79.9 cm³/mol. The Balaban J connectivity index is 1.88. The Kier molecular flexibility index (Phi) is 9.11. The Morgan fingerprint density at radius 1 is 1.37 bits per heavy atom. The fourth-order valence-corrected chi connectivity index (χ4v) is 4.75. The molecule has 0 bridgehead atoms. The zero-order valence-corrected chi connectivity index (χ0v) is 12.7. The smallest absolute Gasteiger partial charge is 0.319 e. The minimum Gasteiger partial charge on any atom is -0.463 e. The first-order valence-corrected chi connectivity index (χ1v) is 9.01. The van der Waals surface area contributed by atoms with Crippen LogP contribution >= 0.6 is 21.6 Å². The van der Waals surface area contributed by atoms with E-state index in [1.807, 2.05) is 21.6 Å². The molecule has 1 amide bonds. The molecule has 7 heteroatoms. The third-order valence-electron chi connectivity index (χ3n) is 2.76. The van der Waals surface area contributed by atoms with Crippen LogP contribution in [0.2, 0.25) is 0 Å². The first kappa shape index (κ1) is 16.7. The minimum absolute atomic E-state index is 0.0252. The number of rotatable bonds is 9. The lowest BCUT2D eigenvalue weighted by Gasteiger charge is -2.07. The Morgan fingerprint density at radius 3 is 2.89 bits per heavy atom. The first-order valence-electron chi connectivity index (χ1n) is 6.63. The van der Waals surface area contributed by atoms with Gasteiger partial charge in [0.15, 0.2) is 0 Å². The van der Waals surface area contributed by atoms with Crippen molar-refractivity contribution in [1.82, 2.24) is 5.32 Å². The van der Waals surface area contributed by atoms with Crippen molar-refractivity contribution >= 4 is 33.5 Å². The van der Waals surface area contributed by atoms with Crippen LogP contribution in [0.3, 0.4) is 0 Å². The molecule has 110 valence electrons. The summed E-state index contributed by atoms with van der Waals surface area (Å²) in [6.45, 7) is 0.433. The molecule has 1 atom stereocenters. The van der Waals surface area contributed by atoms with Crippen molar-refractivity contribution in [3.63, 3.8) is 0 Å². The van der Waals surface area contributed by atoms with Crippen LogP contribution in [0, 0.1) is 0 Å². The van der Waals surface area contributed by atoms with Gasteiger partial charge < -0.3 is 15.8 Å². The summed E-state index contributed by atoms with van der Waals surface area (Å²) in [4.78, 5) is 22.2. The number of hydrogen-bond acceptors (Lipinski definition) is 6. The van der Waals surface area contributed by atoms with Gasteiger partial charge in [0.25, 0.3) is 0 Å². The third kappa shape index (κ3) is 8.39. The lowest BCUT2D eigenvalue weighted by molar-refractivity contribution is -0.142. The summed E-state index contributed by atoms with van der Waals surface area (Å²) in [7, 11) is 3.93. The highest BCUT2D eigenvalue weighted by Crippen LogP contribution is 2.39. The van der Waals surface area contributed by atoms with Crippen molar-refractivity contribution in [2.24, 2.45) is 5.73 Å². The number of carbonyl (C=O) groups is 2. The van der Waals surface area contributed by atoms with Crippen LogP contribution in [0.5, 0.6) is 0 Å². The van der Waals surface area contributed by atoms with E-state index < -0.39 is 5.97 Å². The topological polar surface area (TPSA) is 81.4 Å². The van der Waals surface area contributed by atoms with E-state index in [2.05, 4.69) is 5.32 Å². The lowest BCUT2D eigenvalue weighted by Crippen LogP contribution is -2.29. The molecule has 0 spiro atoms. The van der Waals surface area contributed by atoms with E-state index in [9.17, 15) is 9.59 Å². The van der Waals surface area contributed by atoms with Crippen molar-refractivity contribution in [2.45, 2.75) is 37.4 Å². The molecule has 1 aliphatic rings. The normalized spacial score (nSPS) is 18.3. The van der Waals surface area contributed by atoms with E-state index in [4.69, 9.17) is 10.5 Å². The molecule has 0 aromatic carbocycles. The van der Waals surface area contributed by atoms with Crippen molar-refractivity contribution < 1.29 is 14.3 Å². The second-order valence-electron chi connectivity index (χ2n) is 4.35. The molecule has 1 fully saturated rings. The van der Waals surface area contributed by atoms with Gasteiger partial charge >= 0.3 is 5.97 Å². The van der Waals surface area contributed by atoms with Gasteiger partial charge in [-0.3, -0.25) is 9.59 Å². The fourth-order valence-electron chi connectivity index (χ4n) is 1.72. The van der Waals surface area contributed by atoms with E-state index in [1.165, 1.54) is 18.6 Å². The van der Waals surface area contributed by atoms with Crippen LogP contribution in [0.4, 0.5) is 0 Å². The summed E-state index contributed by atoms with van der Waals surface area (Å²) in [5.41, 5.74) is 5.08. The highest BCUT2D eigenvalue weighted by molar-refractivity contribution is 8.77. The standard InChI is InChI=1S/C12H22N2O3S2/c13-9-12(16)17-7-6-14-11(15)4-2-1-3-10-5-8-18-19-10/h10H,1-9,13H2,(H,14,15). The Hall–Kier alpha value is -0.400. The van der Waals surface area contributed by atoms with Gasteiger partial charge in [-0.2, -0.15) is 0 Å². The molecule has 3 N–H and O–H groups in total. The van der Waals surface area contributed by atoms with E-state index >= 15 is 0 Å². The van der Waals surface area contributed by atoms with Gasteiger partial charge in [-0.05, 0) is 19.3 Å². The monoisotopic (exact) mass is 306 g/mol. The molecule has 19 heavy (non-hydrogen) atoms. The van der Waals surface area contributed by atoms with Gasteiger partial charge in [0, 0.05) is 17.4 Å². The van der Waals surface area contributed by atoms with Crippen LogP contribution in [0.1, 0.15) is 32.1 Å². The fraction of sp³-hybridized carbons (Fsp3) is 0.833. The second-order valence-corrected chi connectivity index (χ2v) is 7.14. The van der Waals surface area contributed by atoms with Crippen molar-refractivity contribution in [3.05, 3.63) is 0 Å². The van der Waals surface area contributed by atoms with Gasteiger partial charge in [0.2, 0.25) is 5.91 Å². The summed E-state index contributed by atoms with van der Waals surface area (Å²) < 4.78 is 4.75. The van der Waals surface area contributed by atoms with Crippen molar-refractivity contribution in [2.75, 3.05) is 25.4 Å². The van der Waals surface area contributed by atoms with Crippen LogP contribution in [0.15, 0.2) is 0 Å². The molecule has 0 saturated carbocycles. The van der Waals surface area contributed by atoms with Crippen LogP contribution in [-0.2, 0) is 14.3 Å². The van der Waals surface area contributed by atoms with Gasteiger partial charge in [-0.15, -0.1) is 0 Å². The molecule has 1 rings (SSSR count). The summed E-state index contributed by atoms with van der Waals surface area (Å²) >= 11 is 0. The van der Waals surface area contributed by atoms with E-state index in [0.29, 0.717) is 13.0 Å². The van der Waals surface area contributed by atoms with Gasteiger partial charge in [-0.25, -0.2) is 0 Å². The summed E-state index contributed by atoms with van der Waals surface area (Å²) in [6.07, 6.45) is 5.09. The van der Waals surface area contributed by atoms with Gasteiger partial charge in [-0.1, -0.05) is 28.0 Å². The van der Waals surface area contributed by atoms with Gasteiger partial charge in [0.05, 0.1) is 13.1 Å². The largest absolute Gasteiger partial charge is 0.463 e. The maximum Gasteiger partial charge on any atom is 0.319 e.